The van der Waals surface area contributed by atoms with Crippen LogP contribution in [0, 0.1) is 16.7 Å². The number of carbonyl (C=O) groups excluding carboxylic acids is 1. The topological polar surface area (TPSA) is 150 Å². The zero-order valence-corrected chi connectivity index (χ0v) is 21.7. The van der Waals surface area contributed by atoms with Gasteiger partial charge in [0.15, 0.2) is 0 Å². The molecule has 1 amide bonds. The quantitative estimate of drug-likeness (QED) is 0.148. The molecule has 1 saturated heterocycles. The number of halogens is 1. The van der Waals surface area contributed by atoms with Crippen LogP contribution in [0.4, 0.5) is 17.3 Å². The first-order valence-corrected chi connectivity index (χ1v) is 13.0. The Balaban J connectivity index is 1.36. The fourth-order valence-corrected chi connectivity index (χ4v) is 4.43. The van der Waals surface area contributed by atoms with E-state index in [1.807, 2.05) is 35.1 Å². The van der Waals surface area contributed by atoms with E-state index in [4.69, 9.17) is 26.5 Å². The minimum atomic E-state index is -0.456. The highest BCUT2D eigenvalue weighted by Gasteiger charge is 2.32. The molecular formula is C26H31ClN8O3. The lowest BCUT2D eigenvalue weighted by molar-refractivity contribution is -0.129. The van der Waals surface area contributed by atoms with Crippen molar-refractivity contribution in [1.29, 1.82) is 5.26 Å². The van der Waals surface area contributed by atoms with E-state index in [1.54, 1.807) is 17.9 Å². The Hall–Kier alpha value is -3.72. The number of nitrogens with zero attached hydrogens (tertiary/aromatic N) is 5. The van der Waals surface area contributed by atoms with Crippen molar-refractivity contribution in [2.75, 3.05) is 30.4 Å². The van der Waals surface area contributed by atoms with Crippen LogP contribution in [-0.4, -0.2) is 50.6 Å². The van der Waals surface area contributed by atoms with Gasteiger partial charge in [-0.05, 0) is 43.9 Å². The van der Waals surface area contributed by atoms with E-state index >= 15 is 0 Å². The normalized spacial score (nSPS) is 14.4. The molecule has 0 atom stereocenters. The van der Waals surface area contributed by atoms with Crippen LogP contribution in [0.25, 0.3) is 11.3 Å². The Kier molecular flexibility index (Phi) is 9.48. The van der Waals surface area contributed by atoms with Gasteiger partial charge in [-0.25, -0.2) is 15.4 Å². The molecule has 12 heteroatoms. The van der Waals surface area contributed by atoms with Gasteiger partial charge in [-0.3, -0.25) is 14.7 Å². The van der Waals surface area contributed by atoms with Gasteiger partial charge < -0.3 is 15.4 Å². The minimum Gasteiger partial charge on any atom is -0.381 e. The van der Waals surface area contributed by atoms with Crippen LogP contribution in [0.1, 0.15) is 38.5 Å². The first-order chi connectivity index (χ1) is 18.5. The lowest BCUT2D eigenvalue weighted by atomic mass is 9.82. The van der Waals surface area contributed by atoms with E-state index in [2.05, 4.69) is 26.8 Å². The summed E-state index contributed by atoms with van der Waals surface area (Å²) in [5, 5.41) is 29.7. The van der Waals surface area contributed by atoms with Crippen molar-refractivity contribution in [2.24, 2.45) is 5.41 Å². The Morgan fingerprint density at radius 1 is 1.21 bits per heavy atom. The largest absolute Gasteiger partial charge is 0.381 e. The van der Waals surface area contributed by atoms with Gasteiger partial charge in [-0.1, -0.05) is 24.1 Å². The maximum absolute atomic E-state index is 11.1. The van der Waals surface area contributed by atoms with Crippen LogP contribution < -0.4 is 16.1 Å². The maximum atomic E-state index is 11.1. The zero-order valence-electron chi connectivity index (χ0n) is 21.0. The molecule has 4 rings (SSSR count). The summed E-state index contributed by atoms with van der Waals surface area (Å²) in [6, 6.07) is 9.96. The van der Waals surface area contributed by atoms with E-state index < -0.39 is 5.41 Å². The van der Waals surface area contributed by atoms with Gasteiger partial charge in [0, 0.05) is 50.7 Å². The average molecular weight is 539 g/mol. The molecule has 0 bridgehead atoms. The predicted molar refractivity (Wildman–Crippen MR) is 143 cm³/mol. The fraction of sp³-hybridized carbons (Fsp3) is 0.423. The number of nitrogens with one attached hydrogen (secondary N) is 3. The summed E-state index contributed by atoms with van der Waals surface area (Å²) in [5.74, 6) is 0.903. The first kappa shape index (κ1) is 27.3. The summed E-state index contributed by atoms with van der Waals surface area (Å²) in [6.45, 7) is 2.40. The minimum absolute atomic E-state index is 0.302. The van der Waals surface area contributed by atoms with Gasteiger partial charge in [-0.2, -0.15) is 10.4 Å². The number of amides is 1. The molecule has 0 spiro atoms. The van der Waals surface area contributed by atoms with Gasteiger partial charge in [0.1, 0.15) is 11.6 Å². The van der Waals surface area contributed by atoms with Gasteiger partial charge in [0.05, 0.1) is 34.1 Å². The third-order valence-electron chi connectivity index (χ3n) is 6.50. The fourth-order valence-electron chi connectivity index (χ4n) is 4.23. The molecule has 4 heterocycles. The van der Waals surface area contributed by atoms with Gasteiger partial charge in [0.25, 0.3) is 0 Å². The molecule has 3 aromatic heterocycles. The summed E-state index contributed by atoms with van der Waals surface area (Å²) < 4.78 is 7.24. The van der Waals surface area contributed by atoms with E-state index in [9.17, 15) is 10.1 Å². The second kappa shape index (κ2) is 13.2. The SMILES string of the molecule is N#CC1(CNc2cccc(-c3cc(Nc4cnn(CCCCCC(=O)NO)c4)ncc3Cl)n2)CCOCC1. The number of unbranched alkanes of at least 4 members (excludes halogenated alkanes) is 2. The number of hydrogen-bond acceptors (Lipinski definition) is 9. The van der Waals surface area contributed by atoms with Crippen LogP contribution >= 0.6 is 11.6 Å². The third-order valence-corrected chi connectivity index (χ3v) is 6.80. The summed E-state index contributed by atoms with van der Waals surface area (Å²) >= 11 is 6.48. The van der Waals surface area contributed by atoms with Gasteiger partial charge in [-0.15, -0.1) is 0 Å². The van der Waals surface area contributed by atoms with Crippen molar-refractivity contribution in [1.82, 2.24) is 25.2 Å². The highest BCUT2D eigenvalue weighted by atomic mass is 35.5. The number of carbonyl (C=O) groups is 1. The number of nitriles is 1. The lowest BCUT2D eigenvalue weighted by Crippen LogP contribution is -2.34. The molecule has 0 unspecified atom stereocenters. The summed E-state index contributed by atoms with van der Waals surface area (Å²) in [5.41, 5.74) is 3.39. The molecular weight excluding hydrogens is 508 g/mol. The zero-order chi connectivity index (χ0) is 26.8. The number of pyridine rings is 2. The Morgan fingerprint density at radius 3 is 2.84 bits per heavy atom. The second-order valence-corrected chi connectivity index (χ2v) is 9.69. The molecule has 0 aliphatic carbocycles. The standard InChI is InChI=1S/C26H31ClN8O3/c27-21-15-29-24(32-19-14-31-35(16-19)10-3-1-2-7-25(36)34-37)13-20(21)22-5-4-6-23(33-22)30-18-26(17-28)8-11-38-12-9-26/h4-6,13-16,37H,1-3,7-12,18H2,(H,29,32)(H,30,33)(H,34,36). The first-order valence-electron chi connectivity index (χ1n) is 12.6. The molecule has 3 aromatic rings. The van der Waals surface area contributed by atoms with E-state index in [0.717, 1.165) is 24.1 Å². The number of aromatic nitrogens is 4. The Bertz CT molecular complexity index is 1270. The van der Waals surface area contributed by atoms with Crippen LogP contribution in [-0.2, 0) is 16.1 Å². The summed E-state index contributed by atoms with van der Waals surface area (Å²) in [7, 11) is 0. The molecule has 38 heavy (non-hydrogen) atoms. The third kappa shape index (κ3) is 7.41. The molecule has 11 nitrogen and oxygen atoms in total. The van der Waals surface area contributed by atoms with Crippen LogP contribution in [0.2, 0.25) is 5.02 Å². The second-order valence-electron chi connectivity index (χ2n) is 9.28. The monoisotopic (exact) mass is 538 g/mol. The van der Waals surface area contributed by atoms with Crippen LogP contribution in [0.15, 0.2) is 42.9 Å². The number of aryl methyl sites for hydroxylation is 1. The van der Waals surface area contributed by atoms with Crippen LogP contribution in [0.5, 0.6) is 0 Å². The summed E-state index contributed by atoms with van der Waals surface area (Å²) in [6.07, 6.45) is 9.31. The molecule has 0 radical (unpaired) electrons. The summed E-state index contributed by atoms with van der Waals surface area (Å²) in [4.78, 5) is 20.2. The molecule has 4 N–H and O–H groups in total. The van der Waals surface area contributed by atoms with E-state index in [0.29, 0.717) is 74.3 Å². The van der Waals surface area contributed by atoms with E-state index in [1.165, 1.54) is 0 Å². The van der Waals surface area contributed by atoms with Crippen molar-refractivity contribution in [2.45, 2.75) is 45.1 Å². The number of hydroxylamine groups is 1. The Labute approximate surface area is 226 Å². The smallest absolute Gasteiger partial charge is 0.243 e. The van der Waals surface area contributed by atoms with Crippen molar-refractivity contribution >= 4 is 34.8 Å². The number of ether oxygens (including phenoxy) is 1. The highest BCUT2D eigenvalue weighted by Crippen LogP contribution is 2.32. The number of anilines is 3. The maximum Gasteiger partial charge on any atom is 0.243 e. The van der Waals surface area contributed by atoms with Crippen molar-refractivity contribution < 1.29 is 14.7 Å². The average Bonchev–Trinajstić information content (AvgIpc) is 3.40. The van der Waals surface area contributed by atoms with Gasteiger partial charge >= 0.3 is 0 Å². The lowest BCUT2D eigenvalue weighted by Gasteiger charge is -2.30. The molecule has 0 saturated carbocycles. The van der Waals surface area contributed by atoms with E-state index in [-0.39, 0.29) is 5.91 Å². The van der Waals surface area contributed by atoms with Crippen molar-refractivity contribution in [3.63, 3.8) is 0 Å². The number of rotatable bonds is 12. The molecule has 1 aliphatic heterocycles. The molecule has 1 aliphatic rings. The highest BCUT2D eigenvalue weighted by molar-refractivity contribution is 6.33. The predicted octanol–water partition coefficient (Wildman–Crippen LogP) is 4.54. The van der Waals surface area contributed by atoms with Crippen LogP contribution in [0.3, 0.4) is 0 Å². The van der Waals surface area contributed by atoms with Gasteiger partial charge in [0.2, 0.25) is 5.91 Å². The molecule has 200 valence electrons. The molecule has 0 aromatic carbocycles. The molecule has 1 fully saturated rings. The number of hydrogen-bond donors (Lipinski definition) is 4. The van der Waals surface area contributed by atoms with Crippen molar-refractivity contribution in [3.05, 3.63) is 47.9 Å². The van der Waals surface area contributed by atoms with Crippen molar-refractivity contribution in [3.8, 4) is 17.3 Å². The Morgan fingerprint density at radius 2 is 2.05 bits per heavy atom.